The Balaban J connectivity index is 1.57. The smallest absolute Gasteiger partial charge is 0.328 e. The fraction of sp³-hybridized carbons (Fsp3) is 0.526. The van der Waals surface area contributed by atoms with Crippen molar-refractivity contribution in [3.63, 3.8) is 0 Å². The van der Waals surface area contributed by atoms with Crippen LogP contribution in [0.3, 0.4) is 0 Å². The second kappa shape index (κ2) is 7.21. The highest BCUT2D eigenvalue weighted by atomic mass is 16.2. The topological polar surface area (TPSA) is 110 Å². The molecule has 2 aliphatic heterocycles. The summed E-state index contributed by atoms with van der Waals surface area (Å²) in [4.78, 5) is 56.2. The summed E-state index contributed by atoms with van der Waals surface area (Å²) in [6.45, 7) is 3.69. The summed E-state index contributed by atoms with van der Waals surface area (Å²) < 4.78 is 3.36. The average Bonchev–Trinajstić information content (AvgIpc) is 3.12. The number of hydrogen-bond acceptors (Lipinski definition) is 5. The van der Waals surface area contributed by atoms with Crippen molar-refractivity contribution in [3.05, 3.63) is 60.5 Å². The lowest BCUT2D eigenvalue weighted by atomic mass is 9.91. The maximum absolute atomic E-state index is 12.8. The molecule has 4 rings (SSSR count). The first-order valence-electron chi connectivity index (χ1n) is 9.62. The van der Waals surface area contributed by atoms with Gasteiger partial charge in [-0.15, -0.1) is 0 Å². The van der Waals surface area contributed by atoms with E-state index in [4.69, 9.17) is 0 Å². The van der Waals surface area contributed by atoms with Crippen molar-refractivity contribution in [2.75, 3.05) is 13.1 Å². The number of rotatable bonds is 3. The monoisotopic (exact) mass is 385 g/mol. The van der Waals surface area contributed by atoms with Gasteiger partial charge in [-0.3, -0.25) is 23.9 Å². The van der Waals surface area contributed by atoms with Gasteiger partial charge in [-0.1, -0.05) is 0 Å². The van der Waals surface area contributed by atoms with Crippen molar-refractivity contribution >= 4 is 5.91 Å². The van der Waals surface area contributed by atoms with Crippen LogP contribution in [0.15, 0.2) is 26.6 Å². The minimum Gasteiger partial charge on any atom is -0.340 e. The highest BCUT2D eigenvalue weighted by Crippen LogP contribution is 2.30. The molecule has 0 bridgehead atoms. The van der Waals surface area contributed by atoms with E-state index in [2.05, 4.69) is 14.5 Å². The fourth-order valence-electron chi connectivity index (χ4n) is 4.32. The van der Waals surface area contributed by atoms with E-state index in [1.807, 2.05) is 6.92 Å². The number of hydrogen-bond donors (Lipinski definition) is 1. The quantitative estimate of drug-likeness (QED) is 0.784. The number of nitrogens with one attached hydrogen (secondary N) is 1. The summed E-state index contributed by atoms with van der Waals surface area (Å²) in [5.74, 6) is 0.751. The van der Waals surface area contributed by atoms with E-state index in [0.29, 0.717) is 18.7 Å². The van der Waals surface area contributed by atoms with Crippen LogP contribution in [0.4, 0.5) is 0 Å². The van der Waals surface area contributed by atoms with Gasteiger partial charge < -0.3 is 9.47 Å². The van der Waals surface area contributed by atoms with Gasteiger partial charge in [0, 0.05) is 55.5 Å². The molecule has 1 amide bonds. The van der Waals surface area contributed by atoms with Gasteiger partial charge in [0.25, 0.3) is 11.1 Å². The van der Waals surface area contributed by atoms with Gasteiger partial charge in [0.1, 0.15) is 12.4 Å². The number of piperidine rings is 1. The second-order valence-electron chi connectivity index (χ2n) is 7.52. The lowest BCUT2D eigenvalue weighted by Gasteiger charge is -2.34. The first-order chi connectivity index (χ1) is 13.4. The predicted molar refractivity (Wildman–Crippen MR) is 101 cm³/mol. The highest BCUT2D eigenvalue weighted by Gasteiger charge is 2.30. The van der Waals surface area contributed by atoms with Crippen LogP contribution in [0.2, 0.25) is 0 Å². The molecule has 9 heteroatoms. The zero-order chi connectivity index (χ0) is 19.8. The van der Waals surface area contributed by atoms with Gasteiger partial charge in [0.15, 0.2) is 0 Å². The maximum atomic E-state index is 12.8. The number of aromatic nitrogens is 4. The van der Waals surface area contributed by atoms with Crippen molar-refractivity contribution in [2.45, 2.75) is 51.6 Å². The largest absolute Gasteiger partial charge is 0.340 e. The van der Waals surface area contributed by atoms with Crippen LogP contribution in [-0.2, 0) is 24.3 Å². The summed E-state index contributed by atoms with van der Waals surface area (Å²) in [5.41, 5.74) is 0.419. The molecule has 0 aromatic carbocycles. The SMILES string of the molecule is Cc1c([C@H]2CCCN(C(=O)Cn3ccc(=O)[nH]c3=O)C2)n2c(nc1=O)CCC2. The Bertz CT molecular complexity index is 1100. The molecule has 0 unspecified atom stereocenters. The zero-order valence-electron chi connectivity index (χ0n) is 15.8. The minimum absolute atomic E-state index is 0.0811. The first kappa shape index (κ1) is 18.4. The Labute approximate surface area is 160 Å². The third-order valence-corrected chi connectivity index (χ3v) is 5.68. The molecule has 0 saturated carbocycles. The molecule has 1 fully saturated rings. The zero-order valence-corrected chi connectivity index (χ0v) is 15.8. The lowest BCUT2D eigenvalue weighted by molar-refractivity contribution is -0.133. The summed E-state index contributed by atoms with van der Waals surface area (Å²) >= 11 is 0. The summed E-state index contributed by atoms with van der Waals surface area (Å²) in [5, 5.41) is 0. The molecule has 9 nitrogen and oxygen atoms in total. The van der Waals surface area contributed by atoms with Gasteiger partial charge in [0.05, 0.1) is 0 Å². The van der Waals surface area contributed by atoms with Gasteiger partial charge in [0.2, 0.25) is 5.91 Å². The number of aryl methyl sites for hydroxylation is 1. The first-order valence-corrected chi connectivity index (χ1v) is 9.62. The van der Waals surface area contributed by atoms with Crippen LogP contribution in [0.1, 0.15) is 42.3 Å². The van der Waals surface area contributed by atoms with Crippen LogP contribution in [-0.4, -0.2) is 43.0 Å². The third kappa shape index (κ3) is 3.32. The molecule has 0 radical (unpaired) electrons. The predicted octanol–water partition coefficient (Wildman–Crippen LogP) is -0.246. The van der Waals surface area contributed by atoms with Crippen molar-refractivity contribution in [2.24, 2.45) is 0 Å². The molecular formula is C19H23N5O4. The Morgan fingerprint density at radius 1 is 1.25 bits per heavy atom. The minimum atomic E-state index is -0.594. The number of amides is 1. The number of carbonyl (C=O) groups excluding carboxylic acids is 1. The number of nitrogens with zero attached hydrogens (tertiary/aromatic N) is 4. The molecule has 2 aromatic heterocycles. The number of carbonyl (C=O) groups is 1. The highest BCUT2D eigenvalue weighted by molar-refractivity contribution is 5.76. The Kier molecular flexibility index (Phi) is 4.74. The maximum Gasteiger partial charge on any atom is 0.328 e. The van der Waals surface area contributed by atoms with Gasteiger partial charge in [-0.25, -0.2) is 4.79 Å². The second-order valence-corrected chi connectivity index (χ2v) is 7.52. The number of H-pyrrole nitrogens is 1. The van der Waals surface area contributed by atoms with E-state index in [-0.39, 0.29) is 23.9 Å². The molecule has 1 atom stereocenters. The van der Waals surface area contributed by atoms with Gasteiger partial charge >= 0.3 is 5.69 Å². The normalized spacial score (nSPS) is 18.9. The van der Waals surface area contributed by atoms with E-state index < -0.39 is 11.2 Å². The van der Waals surface area contributed by atoms with Crippen molar-refractivity contribution < 1.29 is 4.79 Å². The number of aromatic amines is 1. The van der Waals surface area contributed by atoms with Crippen molar-refractivity contribution in [1.29, 1.82) is 0 Å². The van der Waals surface area contributed by atoms with Crippen LogP contribution in [0.5, 0.6) is 0 Å². The van der Waals surface area contributed by atoms with Crippen LogP contribution in [0.25, 0.3) is 0 Å². The van der Waals surface area contributed by atoms with E-state index in [1.165, 1.54) is 16.8 Å². The molecule has 28 heavy (non-hydrogen) atoms. The van der Waals surface area contributed by atoms with Crippen LogP contribution < -0.4 is 16.8 Å². The fourth-order valence-corrected chi connectivity index (χ4v) is 4.32. The molecule has 0 spiro atoms. The molecular weight excluding hydrogens is 362 g/mol. The van der Waals surface area contributed by atoms with Gasteiger partial charge in [-0.05, 0) is 26.2 Å². The molecule has 2 aliphatic rings. The molecule has 1 N–H and O–H groups in total. The van der Waals surface area contributed by atoms with Gasteiger partial charge in [-0.2, -0.15) is 4.98 Å². The Hall–Kier alpha value is -2.97. The van der Waals surface area contributed by atoms with Crippen LogP contribution in [0, 0.1) is 6.92 Å². The summed E-state index contributed by atoms with van der Waals surface area (Å²) in [7, 11) is 0. The van der Waals surface area contributed by atoms with E-state index in [0.717, 1.165) is 43.7 Å². The van der Waals surface area contributed by atoms with E-state index >= 15 is 0 Å². The average molecular weight is 385 g/mol. The van der Waals surface area contributed by atoms with E-state index in [1.54, 1.807) is 4.90 Å². The molecule has 148 valence electrons. The summed E-state index contributed by atoms with van der Waals surface area (Å²) in [6.07, 6.45) is 4.87. The molecule has 1 saturated heterocycles. The molecule has 2 aromatic rings. The standard InChI is InChI=1S/C19H23N5O4/c1-12-17(24-8-3-5-14(24)20-18(12)27)13-4-2-7-22(10-13)16(26)11-23-9-6-15(25)21-19(23)28/h6,9,13H,2-5,7-8,10-11H2,1H3,(H,21,25,28)/t13-/m0/s1. The van der Waals surface area contributed by atoms with Crippen molar-refractivity contribution in [1.82, 2.24) is 24.0 Å². The summed E-state index contributed by atoms with van der Waals surface area (Å²) in [6, 6.07) is 1.23. The van der Waals surface area contributed by atoms with Crippen LogP contribution >= 0.6 is 0 Å². The Morgan fingerprint density at radius 2 is 2.07 bits per heavy atom. The number of likely N-dealkylation sites (tertiary alicyclic amines) is 1. The third-order valence-electron chi connectivity index (χ3n) is 5.68. The molecule has 4 heterocycles. The number of fused-ring (bicyclic) bond motifs is 1. The van der Waals surface area contributed by atoms with Crippen molar-refractivity contribution in [3.8, 4) is 0 Å². The Morgan fingerprint density at radius 3 is 2.86 bits per heavy atom. The van der Waals surface area contributed by atoms with E-state index in [9.17, 15) is 19.2 Å². The lowest BCUT2D eigenvalue weighted by Crippen LogP contribution is -2.43. The molecule has 0 aliphatic carbocycles.